The van der Waals surface area contributed by atoms with Crippen molar-refractivity contribution < 1.29 is 4.74 Å². The Hall–Kier alpha value is -0.980. The average Bonchev–Trinajstić information content (AvgIpc) is 2.03. The summed E-state index contributed by atoms with van der Waals surface area (Å²) in [5.74, 6) is 0.943. The van der Waals surface area contributed by atoms with Gasteiger partial charge in [0.2, 0.25) is 0 Å². The van der Waals surface area contributed by atoms with E-state index in [4.69, 9.17) is 4.74 Å². The second-order valence-corrected chi connectivity index (χ2v) is 3.36. The number of rotatable bonds is 4. The van der Waals surface area contributed by atoms with Gasteiger partial charge in [0.15, 0.2) is 0 Å². The standard InChI is InChI=1S/C12H17O/c1-4-5-6-13-12-8-10(2)7-11(3)9-12/h7-9H,2,4-6H2,1,3H3. The normalized spacial score (nSPS) is 10.1. The van der Waals surface area contributed by atoms with Gasteiger partial charge < -0.3 is 4.74 Å². The zero-order valence-corrected chi connectivity index (χ0v) is 8.47. The van der Waals surface area contributed by atoms with Crippen molar-refractivity contribution in [3.63, 3.8) is 0 Å². The van der Waals surface area contributed by atoms with Crippen LogP contribution >= 0.6 is 0 Å². The van der Waals surface area contributed by atoms with Crippen LogP contribution in [-0.4, -0.2) is 6.61 Å². The molecule has 0 aromatic heterocycles. The minimum Gasteiger partial charge on any atom is -0.494 e. The van der Waals surface area contributed by atoms with Gasteiger partial charge in [-0.1, -0.05) is 19.4 Å². The molecule has 0 aliphatic rings. The highest BCUT2D eigenvalue weighted by Crippen LogP contribution is 2.16. The molecule has 71 valence electrons. The van der Waals surface area contributed by atoms with Gasteiger partial charge in [-0.2, -0.15) is 0 Å². The van der Waals surface area contributed by atoms with Crippen LogP contribution in [0.4, 0.5) is 0 Å². The van der Waals surface area contributed by atoms with Crippen LogP contribution < -0.4 is 4.74 Å². The molecule has 0 heterocycles. The minimum absolute atomic E-state index is 0.805. The molecule has 1 rings (SSSR count). The van der Waals surface area contributed by atoms with Gasteiger partial charge in [-0.3, -0.25) is 0 Å². The lowest BCUT2D eigenvalue weighted by Crippen LogP contribution is -1.96. The van der Waals surface area contributed by atoms with E-state index >= 15 is 0 Å². The lowest BCUT2D eigenvalue weighted by Gasteiger charge is -2.06. The van der Waals surface area contributed by atoms with Crippen molar-refractivity contribution in [2.75, 3.05) is 6.61 Å². The summed E-state index contributed by atoms with van der Waals surface area (Å²) in [7, 11) is 0. The Bertz CT molecular complexity index is 246. The van der Waals surface area contributed by atoms with Crippen LogP contribution in [0.5, 0.6) is 5.75 Å². The van der Waals surface area contributed by atoms with Gasteiger partial charge in [0.25, 0.3) is 0 Å². The number of hydrogen-bond donors (Lipinski definition) is 0. The summed E-state index contributed by atoms with van der Waals surface area (Å²) in [5.41, 5.74) is 2.23. The molecule has 0 unspecified atom stereocenters. The third kappa shape index (κ3) is 3.49. The maximum absolute atomic E-state index is 5.57. The molecule has 0 saturated heterocycles. The van der Waals surface area contributed by atoms with E-state index in [1.165, 1.54) is 12.0 Å². The first kappa shape index (κ1) is 10.1. The zero-order chi connectivity index (χ0) is 9.68. The molecular formula is C12H17O. The molecule has 0 fully saturated rings. The van der Waals surface area contributed by atoms with Crippen molar-refractivity contribution in [1.82, 2.24) is 0 Å². The predicted octanol–water partition coefficient (Wildman–Crippen LogP) is 3.36. The van der Waals surface area contributed by atoms with Crippen molar-refractivity contribution in [2.45, 2.75) is 26.7 Å². The molecule has 1 heteroatoms. The van der Waals surface area contributed by atoms with Crippen LogP contribution in [0.25, 0.3) is 0 Å². The van der Waals surface area contributed by atoms with E-state index in [9.17, 15) is 0 Å². The van der Waals surface area contributed by atoms with Crippen LogP contribution in [0.15, 0.2) is 18.2 Å². The smallest absolute Gasteiger partial charge is 0.119 e. The van der Waals surface area contributed by atoms with E-state index in [1.807, 2.05) is 18.2 Å². The highest BCUT2D eigenvalue weighted by Gasteiger charge is 1.95. The zero-order valence-electron chi connectivity index (χ0n) is 8.47. The van der Waals surface area contributed by atoms with Crippen LogP contribution in [-0.2, 0) is 0 Å². The number of unbranched alkanes of at least 4 members (excludes halogenated alkanes) is 1. The maximum Gasteiger partial charge on any atom is 0.119 e. The van der Waals surface area contributed by atoms with Gasteiger partial charge >= 0.3 is 0 Å². The molecule has 0 aliphatic heterocycles. The van der Waals surface area contributed by atoms with Gasteiger partial charge in [0.05, 0.1) is 6.61 Å². The quantitative estimate of drug-likeness (QED) is 0.641. The second kappa shape index (κ2) is 4.90. The molecule has 1 nitrogen and oxygen atoms in total. The Labute approximate surface area is 80.7 Å². The van der Waals surface area contributed by atoms with Crippen molar-refractivity contribution in [2.24, 2.45) is 0 Å². The monoisotopic (exact) mass is 177 g/mol. The third-order valence-electron chi connectivity index (χ3n) is 1.88. The predicted molar refractivity (Wildman–Crippen MR) is 56.0 cm³/mol. The summed E-state index contributed by atoms with van der Waals surface area (Å²) in [6, 6.07) is 6.07. The Morgan fingerprint density at radius 2 is 2.08 bits per heavy atom. The molecule has 0 aliphatic carbocycles. The molecule has 1 aromatic rings. The van der Waals surface area contributed by atoms with Crippen molar-refractivity contribution in [3.8, 4) is 5.75 Å². The Kier molecular flexibility index (Phi) is 3.81. The van der Waals surface area contributed by atoms with E-state index in [0.717, 1.165) is 24.3 Å². The third-order valence-corrected chi connectivity index (χ3v) is 1.88. The van der Waals surface area contributed by atoms with Gasteiger partial charge in [0, 0.05) is 0 Å². The molecule has 13 heavy (non-hydrogen) atoms. The summed E-state index contributed by atoms with van der Waals surface area (Å²) < 4.78 is 5.57. The molecule has 0 spiro atoms. The number of aryl methyl sites for hydroxylation is 1. The molecule has 0 N–H and O–H groups in total. The molecular weight excluding hydrogens is 160 g/mol. The fraction of sp³-hybridized carbons (Fsp3) is 0.417. The topological polar surface area (TPSA) is 9.23 Å². The highest BCUT2D eigenvalue weighted by molar-refractivity contribution is 5.35. The van der Waals surface area contributed by atoms with Gasteiger partial charge in [0.1, 0.15) is 5.75 Å². The Morgan fingerprint density at radius 3 is 2.69 bits per heavy atom. The van der Waals surface area contributed by atoms with Crippen molar-refractivity contribution in [1.29, 1.82) is 0 Å². The van der Waals surface area contributed by atoms with E-state index in [2.05, 4.69) is 20.8 Å². The Balaban J connectivity index is 2.56. The van der Waals surface area contributed by atoms with Crippen molar-refractivity contribution >= 4 is 0 Å². The van der Waals surface area contributed by atoms with Gasteiger partial charge in [-0.25, -0.2) is 0 Å². The first-order valence-electron chi connectivity index (χ1n) is 4.79. The summed E-state index contributed by atoms with van der Waals surface area (Å²) in [6.07, 6.45) is 2.28. The fourth-order valence-electron chi connectivity index (χ4n) is 1.24. The second-order valence-electron chi connectivity index (χ2n) is 3.36. The van der Waals surface area contributed by atoms with E-state index in [1.54, 1.807) is 0 Å². The summed E-state index contributed by atoms with van der Waals surface area (Å²) in [4.78, 5) is 0. The van der Waals surface area contributed by atoms with Gasteiger partial charge in [-0.05, 0) is 43.5 Å². The Morgan fingerprint density at radius 1 is 1.31 bits per heavy atom. The number of benzene rings is 1. The number of hydrogen-bond acceptors (Lipinski definition) is 1. The van der Waals surface area contributed by atoms with E-state index in [0.29, 0.717) is 0 Å². The number of ether oxygens (including phenoxy) is 1. The first-order chi connectivity index (χ1) is 6.22. The van der Waals surface area contributed by atoms with Crippen LogP contribution in [0.2, 0.25) is 0 Å². The van der Waals surface area contributed by atoms with Crippen LogP contribution in [0, 0.1) is 13.8 Å². The SMILES string of the molecule is [CH2]c1cc(C)cc(OCCCC)c1. The molecule has 1 aromatic carbocycles. The van der Waals surface area contributed by atoms with Crippen LogP contribution in [0.1, 0.15) is 30.9 Å². The highest BCUT2D eigenvalue weighted by atomic mass is 16.5. The summed E-state index contributed by atoms with van der Waals surface area (Å²) in [6.45, 7) is 8.91. The maximum atomic E-state index is 5.57. The molecule has 1 radical (unpaired) electrons. The minimum atomic E-state index is 0.805. The van der Waals surface area contributed by atoms with Crippen LogP contribution in [0.3, 0.4) is 0 Å². The van der Waals surface area contributed by atoms with E-state index < -0.39 is 0 Å². The molecule has 0 bridgehead atoms. The molecule has 0 amide bonds. The molecule has 0 atom stereocenters. The summed E-state index contributed by atoms with van der Waals surface area (Å²) >= 11 is 0. The largest absolute Gasteiger partial charge is 0.494 e. The molecule has 0 saturated carbocycles. The first-order valence-corrected chi connectivity index (χ1v) is 4.79. The lowest BCUT2D eigenvalue weighted by molar-refractivity contribution is 0.309. The average molecular weight is 177 g/mol. The van der Waals surface area contributed by atoms with Gasteiger partial charge in [-0.15, -0.1) is 0 Å². The van der Waals surface area contributed by atoms with E-state index in [-0.39, 0.29) is 0 Å². The summed E-state index contributed by atoms with van der Waals surface area (Å²) in [5, 5.41) is 0. The van der Waals surface area contributed by atoms with Crippen molar-refractivity contribution in [3.05, 3.63) is 36.2 Å². The lowest BCUT2D eigenvalue weighted by atomic mass is 10.1. The fourth-order valence-corrected chi connectivity index (χ4v) is 1.24.